The Morgan fingerprint density at radius 1 is 1.73 bits per heavy atom. The third-order valence-corrected chi connectivity index (χ3v) is 1.29. The maximum atomic E-state index is 10.8. The first-order valence-electron chi connectivity index (χ1n) is 2.66. The topological polar surface area (TPSA) is 96.9 Å². The Kier molecular flexibility index (Phi) is 1.90. The van der Waals surface area contributed by atoms with Crippen LogP contribution in [0.15, 0.2) is 10.2 Å². The molecule has 0 bridgehead atoms. The number of carbonyl (C=O) groups excluding carboxylic acids is 1. The van der Waals surface area contributed by atoms with Gasteiger partial charge in [-0.1, -0.05) is 0 Å². The normalized spacial score (nSPS) is 24.0. The number of hydrogen-bond acceptors (Lipinski definition) is 5. The second kappa shape index (κ2) is 2.70. The number of rotatable bonds is 1. The summed E-state index contributed by atoms with van der Waals surface area (Å²) in [4.78, 5) is 24.3. The molecule has 1 heterocycles. The van der Waals surface area contributed by atoms with Gasteiger partial charge in [0.15, 0.2) is 0 Å². The zero-order valence-corrected chi connectivity index (χ0v) is 6.09. The third-order valence-electron chi connectivity index (χ3n) is 1.09. The molecule has 0 aliphatic carbocycles. The van der Waals surface area contributed by atoms with Crippen LogP contribution in [0, 0.1) is 4.91 Å². The minimum atomic E-state index is -1.23. The van der Waals surface area contributed by atoms with Crippen molar-refractivity contribution >= 4 is 29.1 Å². The lowest BCUT2D eigenvalue weighted by molar-refractivity contribution is -0.119. The lowest BCUT2D eigenvalue weighted by Gasteiger charge is -2.13. The van der Waals surface area contributed by atoms with Crippen LogP contribution in [0.2, 0.25) is 0 Å². The molecule has 0 aromatic rings. The molecule has 1 amide bonds. The van der Waals surface area contributed by atoms with Crippen molar-refractivity contribution in [3.63, 3.8) is 0 Å². The Morgan fingerprint density at radius 3 is 2.82 bits per heavy atom. The van der Waals surface area contributed by atoms with E-state index < -0.39 is 11.9 Å². The highest BCUT2D eigenvalue weighted by Crippen LogP contribution is 1.97. The zero-order chi connectivity index (χ0) is 8.43. The third kappa shape index (κ3) is 1.37. The summed E-state index contributed by atoms with van der Waals surface area (Å²) in [5, 5.41) is 4.57. The minimum Gasteiger partial charge on any atom is -0.385 e. The van der Waals surface area contributed by atoms with E-state index in [0.29, 0.717) is 0 Å². The number of amides is 1. The molecule has 0 spiro atoms. The van der Waals surface area contributed by atoms with Crippen molar-refractivity contribution in [3.8, 4) is 0 Å². The molecular formula is C4H4N4O2S. The molecule has 0 radical (unpaired) electrons. The molecule has 0 saturated heterocycles. The van der Waals surface area contributed by atoms with Gasteiger partial charge in [0.2, 0.25) is 11.2 Å². The maximum Gasteiger partial charge on any atom is 0.262 e. The first-order valence-corrected chi connectivity index (χ1v) is 3.07. The van der Waals surface area contributed by atoms with Crippen molar-refractivity contribution in [2.75, 3.05) is 0 Å². The zero-order valence-electron chi connectivity index (χ0n) is 5.27. The van der Waals surface area contributed by atoms with Crippen molar-refractivity contribution in [3.05, 3.63) is 4.91 Å². The van der Waals surface area contributed by atoms with Gasteiger partial charge in [-0.3, -0.25) is 10.1 Å². The summed E-state index contributed by atoms with van der Waals surface area (Å²) in [5.74, 6) is -0.786. The fourth-order valence-electron chi connectivity index (χ4n) is 0.616. The highest BCUT2D eigenvalue weighted by Gasteiger charge is 2.28. The van der Waals surface area contributed by atoms with Crippen LogP contribution in [-0.4, -0.2) is 22.9 Å². The van der Waals surface area contributed by atoms with Gasteiger partial charge in [-0.2, -0.15) is 0 Å². The Bertz CT molecular complexity index is 261. The predicted octanol–water partition coefficient (Wildman–Crippen LogP) is -1.11. The van der Waals surface area contributed by atoms with Crippen LogP contribution in [0.25, 0.3) is 0 Å². The molecular weight excluding hydrogens is 168 g/mol. The second-order valence-corrected chi connectivity index (χ2v) is 2.23. The SMILES string of the molecule is NC1=NC(=S)NC(=O)[C@@H]1N=O. The first-order chi connectivity index (χ1) is 5.15. The average Bonchev–Trinajstić information content (AvgIpc) is 1.85. The van der Waals surface area contributed by atoms with Gasteiger partial charge in [0.05, 0.1) is 0 Å². The highest BCUT2D eigenvalue weighted by atomic mass is 32.1. The van der Waals surface area contributed by atoms with Crippen LogP contribution in [-0.2, 0) is 4.79 Å². The van der Waals surface area contributed by atoms with Gasteiger partial charge in [0, 0.05) is 0 Å². The van der Waals surface area contributed by atoms with Crippen molar-refractivity contribution in [2.24, 2.45) is 15.9 Å². The van der Waals surface area contributed by atoms with Crippen LogP contribution < -0.4 is 11.1 Å². The molecule has 1 aliphatic heterocycles. The molecule has 0 fully saturated rings. The van der Waals surface area contributed by atoms with Gasteiger partial charge in [0.1, 0.15) is 5.84 Å². The number of nitroso groups, excluding NO2 is 1. The lowest BCUT2D eigenvalue weighted by atomic mass is 10.2. The van der Waals surface area contributed by atoms with Crippen LogP contribution in [0.4, 0.5) is 0 Å². The van der Waals surface area contributed by atoms with E-state index in [1.165, 1.54) is 0 Å². The smallest absolute Gasteiger partial charge is 0.262 e. The lowest BCUT2D eigenvalue weighted by Crippen LogP contribution is -2.48. The molecule has 1 rings (SSSR count). The minimum absolute atomic E-state index is 0.0348. The van der Waals surface area contributed by atoms with Gasteiger partial charge in [-0.15, -0.1) is 4.91 Å². The molecule has 3 N–H and O–H groups in total. The molecule has 0 aromatic heterocycles. The number of amidine groups is 1. The van der Waals surface area contributed by atoms with E-state index in [9.17, 15) is 9.70 Å². The molecule has 0 saturated carbocycles. The Balaban J connectivity index is 2.97. The van der Waals surface area contributed by atoms with E-state index >= 15 is 0 Å². The van der Waals surface area contributed by atoms with E-state index in [4.69, 9.17) is 5.73 Å². The molecule has 58 valence electrons. The average molecular weight is 172 g/mol. The predicted molar refractivity (Wildman–Crippen MR) is 41.9 cm³/mol. The van der Waals surface area contributed by atoms with Crippen LogP contribution in [0.5, 0.6) is 0 Å². The van der Waals surface area contributed by atoms with Crippen molar-refractivity contribution in [2.45, 2.75) is 6.04 Å². The fourth-order valence-corrected chi connectivity index (χ4v) is 0.822. The summed E-state index contributed by atoms with van der Waals surface area (Å²) in [6.07, 6.45) is 0. The number of nitrogens with zero attached hydrogens (tertiary/aromatic N) is 2. The number of nitrogens with one attached hydrogen (secondary N) is 1. The molecule has 0 aromatic carbocycles. The van der Waals surface area contributed by atoms with E-state index in [0.717, 1.165) is 0 Å². The summed E-state index contributed by atoms with van der Waals surface area (Å²) >= 11 is 4.52. The Morgan fingerprint density at radius 2 is 2.36 bits per heavy atom. The number of thiocarbonyl (C=S) groups is 1. The van der Waals surface area contributed by atoms with Crippen LogP contribution >= 0.6 is 12.2 Å². The van der Waals surface area contributed by atoms with Gasteiger partial charge in [-0.25, -0.2) is 4.99 Å². The summed E-state index contributed by atoms with van der Waals surface area (Å²) in [7, 11) is 0. The number of nitrogens with two attached hydrogens (primary N) is 1. The quantitative estimate of drug-likeness (QED) is 0.387. The van der Waals surface area contributed by atoms with Gasteiger partial charge < -0.3 is 5.73 Å². The monoisotopic (exact) mass is 172 g/mol. The second-order valence-electron chi connectivity index (χ2n) is 1.84. The number of hydrogen-bond donors (Lipinski definition) is 2. The van der Waals surface area contributed by atoms with E-state index in [-0.39, 0.29) is 10.9 Å². The van der Waals surface area contributed by atoms with Crippen molar-refractivity contribution in [1.82, 2.24) is 5.32 Å². The van der Waals surface area contributed by atoms with Gasteiger partial charge in [-0.05, 0) is 17.4 Å². The summed E-state index contributed by atoms with van der Waals surface area (Å²) in [6.45, 7) is 0. The summed E-state index contributed by atoms with van der Waals surface area (Å²) in [6, 6.07) is -1.23. The molecule has 1 aliphatic rings. The Labute approximate surface area is 66.8 Å². The number of aliphatic imine (C=N–C) groups is 1. The van der Waals surface area contributed by atoms with Crippen molar-refractivity contribution in [1.29, 1.82) is 0 Å². The fraction of sp³-hybridized carbons (Fsp3) is 0.250. The van der Waals surface area contributed by atoms with E-state index in [1.807, 2.05) is 0 Å². The highest BCUT2D eigenvalue weighted by molar-refractivity contribution is 7.80. The number of carbonyl (C=O) groups is 1. The molecule has 7 heteroatoms. The molecule has 0 unspecified atom stereocenters. The van der Waals surface area contributed by atoms with Crippen LogP contribution in [0.1, 0.15) is 0 Å². The summed E-state index contributed by atoms with van der Waals surface area (Å²) in [5.41, 5.74) is 5.18. The van der Waals surface area contributed by atoms with E-state index in [1.54, 1.807) is 0 Å². The van der Waals surface area contributed by atoms with Crippen molar-refractivity contribution < 1.29 is 4.79 Å². The van der Waals surface area contributed by atoms with Crippen LogP contribution in [0.3, 0.4) is 0 Å². The largest absolute Gasteiger partial charge is 0.385 e. The Hall–Kier alpha value is -1.37. The molecule has 11 heavy (non-hydrogen) atoms. The summed E-state index contributed by atoms with van der Waals surface area (Å²) < 4.78 is 0. The van der Waals surface area contributed by atoms with Gasteiger partial charge >= 0.3 is 0 Å². The first kappa shape index (κ1) is 7.73. The van der Waals surface area contributed by atoms with E-state index in [2.05, 4.69) is 27.7 Å². The van der Waals surface area contributed by atoms with Gasteiger partial charge in [0.25, 0.3) is 5.91 Å². The standard InChI is InChI=1S/C4H4N4O2S/c5-2-1(8-10)3(9)7-4(11)6-2/h1H,(H3,5,6,7,9,11)/t1-/m1/s1. The maximum absolute atomic E-state index is 10.8. The molecule has 1 atom stereocenters. The molecule has 6 nitrogen and oxygen atoms in total.